The van der Waals surface area contributed by atoms with Crippen LogP contribution in [0.1, 0.15) is 13.0 Å². The molecule has 1 saturated heterocycles. The predicted molar refractivity (Wildman–Crippen MR) is 136 cm³/mol. The molecule has 35 heavy (non-hydrogen) atoms. The van der Waals surface area contributed by atoms with Crippen molar-refractivity contribution in [1.82, 2.24) is 24.4 Å². The molecule has 3 heterocycles. The van der Waals surface area contributed by atoms with Crippen molar-refractivity contribution in [3.8, 4) is 0 Å². The van der Waals surface area contributed by atoms with Crippen LogP contribution < -0.4 is 15.0 Å². The molecule has 12 heteroatoms. The number of nitrogens with one attached hydrogen (secondary N) is 2. The highest BCUT2D eigenvalue weighted by atomic mass is 32.2. The molecule has 1 aliphatic rings. The Bertz CT molecular complexity index is 1410. The van der Waals surface area contributed by atoms with Crippen molar-refractivity contribution in [2.75, 3.05) is 35.8 Å². The number of aromatic nitrogens is 3. The summed E-state index contributed by atoms with van der Waals surface area (Å²) in [7, 11) is -3.71. The third-order valence-corrected chi connectivity index (χ3v) is 8.13. The van der Waals surface area contributed by atoms with Crippen molar-refractivity contribution in [3.05, 3.63) is 67.1 Å². The summed E-state index contributed by atoms with van der Waals surface area (Å²) >= 11 is 0.980. The first-order valence-electron chi connectivity index (χ1n) is 11.2. The summed E-state index contributed by atoms with van der Waals surface area (Å²) < 4.78 is 33.2. The zero-order valence-corrected chi connectivity index (χ0v) is 20.7. The van der Waals surface area contributed by atoms with Crippen LogP contribution in [0.5, 0.6) is 0 Å². The molecule has 1 aliphatic heterocycles. The van der Waals surface area contributed by atoms with Crippen LogP contribution in [0.15, 0.2) is 72.0 Å². The Morgan fingerprint density at radius 2 is 1.77 bits per heavy atom. The van der Waals surface area contributed by atoms with Gasteiger partial charge in [-0.25, -0.2) is 18.4 Å². The van der Waals surface area contributed by atoms with Gasteiger partial charge >= 0.3 is 0 Å². The quantitative estimate of drug-likeness (QED) is 0.392. The molecule has 1 atom stereocenters. The van der Waals surface area contributed by atoms with E-state index in [2.05, 4.69) is 24.4 Å². The first kappa shape index (κ1) is 23.3. The van der Waals surface area contributed by atoms with Crippen LogP contribution in [-0.4, -0.2) is 59.4 Å². The highest BCUT2D eigenvalue weighted by Crippen LogP contribution is 2.22. The zero-order valence-electron chi connectivity index (χ0n) is 19.0. The monoisotopic (exact) mass is 511 g/mol. The van der Waals surface area contributed by atoms with Crippen LogP contribution in [0.2, 0.25) is 0 Å². The first-order valence-corrected chi connectivity index (χ1v) is 13.4. The average molecular weight is 512 g/mol. The highest BCUT2D eigenvalue weighted by molar-refractivity contribution is 7.93. The highest BCUT2D eigenvalue weighted by Gasteiger charge is 2.23. The lowest BCUT2D eigenvalue weighted by Gasteiger charge is -2.36. The molecule has 0 saturated carbocycles. The topological polar surface area (TPSA) is 112 Å². The Balaban J connectivity index is 1.16. The number of hydrogen-bond donors (Lipinski definition) is 2. The summed E-state index contributed by atoms with van der Waals surface area (Å²) in [6, 6.07) is 16.4. The molecule has 0 unspecified atom stereocenters. The third-order valence-electron chi connectivity index (χ3n) is 6.07. The fourth-order valence-electron chi connectivity index (χ4n) is 4.12. The molecule has 0 radical (unpaired) electrons. The van der Waals surface area contributed by atoms with Crippen LogP contribution in [0.4, 0.5) is 10.8 Å². The minimum Gasteiger partial charge on any atom is -0.369 e. The number of benzene rings is 2. The summed E-state index contributed by atoms with van der Waals surface area (Å²) in [4.78, 5) is 19.1. The molecule has 10 nitrogen and oxygen atoms in total. The van der Waals surface area contributed by atoms with Gasteiger partial charge in [0, 0.05) is 55.1 Å². The van der Waals surface area contributed by atoms with E-state index in [1.165, 1.54) is 6.33 Å². The maximum absolute atomic E-state index is 12.9. The predicted octanol–water partition coefficient (Wildman–Crippen LogP) is 2.71. The second kappa shape index (κ2) is 9.64. The van der Waals surface area contributed by atoms with E-state index in [0.717, 1.165) is 28.1 Å². The lowest BCUT2D eigenvalue weighted by molar-refractivity contribution is -0.128. The number of nitrogens with zero attached hydrogens (tertiary/aromatic N) is 5. The molecule has 4 aromatic rings. The van der Waals surface area contributed by atoms with E-state index in [4.69, 9.17) is 0 Å². The van der Waals surface area contributed by atoms with Gasteiger partial charge in [-0.3, -0.25) is 14.9 Å². The minimum atomic E-state index is -3.71. The van der Waals surface area contributed by atoms with Crippen molar-refractivity contribution < 1.29 is 13.2 Å². The van der Waals surface area contributed by atoms with Crippen LogP contribution >= 0.6 is 11.5 Å². The van der Waals surface area contributed by atoms with Gasteiger partial charge in [0.05, 0.1) is 4.90 Å². The second-order valence-corrected chi connectivity index (χ2v) is 10.7. The Labute approximate surface area is 207 Å². The SMILES string of the molecule is C[C@@H](C(=O)NN1CCN(c2ccc(S(=O)(=O)Nc3ncns3)cc2)CC1)n1ccc2ccccc21. The molecule has 2 N–H and O–H groups in total. The van der Waals surface area contributed by atoms with Gasteiger partial charge in [0.1, 0.15) is 12.4 Å². The van der Waals surface area contributed by atoms with Crippen LogP contribution in [0.25, 0.3) is 10.9 Å². The number of rotatable bonds is 7. The number of para-hydroxylation sites is 1. The lowest BCUT2D eigenvalue weighted by Crippen LogP contribution is -2.54. The number of carbonyl (C=O) groups is 1. The molecular weight excluding hydrogens is 486 g/mol. The number of anilines is 2. The molecule has 5 rings (SSSR count). The molecule has 1 amide bonds. The van der Waals surface area contributed by atoms with Gasteiger partial charge in [0.25, 0.3) is 15.9 Å². The van der Waals surface area contributed by atoms with Gasteiger partial charge in [0.15, 0.2) is 0 Å². The second-order valence-electron chi connectivity index (χ2n) is 8.25. The van der Waals surface area contributed by atoms with Crippen LogP contribution in [0, 0.1) is 0 Å². The van der Waals surface area contributed by atoms with Gasteiger partial charge in [0.2, 0.25) is 5.13 Å². The minimum absolute atomic E-state index is 0.0581. The summed E-state index contributed by atoms with van der Waals surface area (Å²) in [5.74, 6) is -0.0581. The lowest BCUT2D eigenvalue weighted by atomic mass is 10.2. The number of carbonyl (C=O) groups excluding carboxylic acids is 1. The van der Waals surface area contributed by atoms with Crippen molar-refractivity contribution >= 4 is 49.2 Å². The summed E-state index contributed by atoms with van der Waals surface area (Å²) in [5.41, 5.74) is 5.00. The number of amides is 1. The molecular formula is C23H25N7O3S2. The smallest absolute Gasteiger partial charge is 0.263 e. The van der Waals surface area contributed by atoms with E-state index in [0.29, 0.717) is 26.2 Å². The largest absolute Gasteiger partial charge is 0.369 e. The molecule has 2 aromatic heterocycles. The van der Waals surface area contributed by atoms with Crippen molar-refractivity contribution in [3.63, 3.8) is 0 Å². The standard InChI is InChI=1S/C23H25N7O3S2/c1-17(30-11-10-18-4-2-3-5-21(18)30)22(31)26-29-14-12-28(13-15-29)19-6-8-20(9-7-19)35(32,33)27-23-24-16-25-34-23/h2-11,16-17H,12-15H2,1H3,(H,26,31)(H,24,25,27)/t17-/m0/s1. The van der Waals surface area contributed by atoms with E-state index in [9.17, 15) is 13.2 Å². The summed E-state index contributed by atoms with van der Waals surface area (Å²) in [6.45, 7) is 4.62. The molecule has 1 fully saturated rings. The normalized spacial score (nSPS) is 15.7. The molecule has 0 aliphatic carbocycles. The Kier molecular flexibility index (Phi) is 6.41. The first-order chi connectivity index (χ1) is 16.9. The average Bonchev–Trinajstić information content (AvgIpc) is 3.54. The number of piperazine rings is 1. The summed E-state index contributed by atoms with van der Waals surface area (Å²) in [6.07, 6.45) is 3.25. The van der Waals surface area contributed by atoms with E-state index < -0.39 is 10.0 Å². The van der Waals surface area contributed by atoms with Crippen molar-refractivity contribution in [2.45, 2.75) is 17.9 Å². The van der Waals surface area contributed by atoms with E-state index >= 15 is 0 Å². The van der Waals surface area contributed by atoms with Crippen molar-refractivity contribution in [2.24, 2.45) is 0 Å². The van der Waals surface area contributed by atoms with E-state index in [1.807, 2.05) is 53.0 Å². The number of fused-ring (bicyclic) bond motifs is 1. The van der Waals surface area contributed by atoms with E-state index in [1.54, 1.807) is 24.3 Å². The number of sulfonamides is 1. The maximum Gasteiger partial charge on any atom is 0.263 e. The fraction of sp³-hybridized carbons (Fsp3) is 0.261. The Hall–Kier alpha value is -3.48. The molecule has 0 spiro atoms. The number of hydrazine groups is 1. The van der Waals surface area contributed by atoms with Gasteiger partial charge in [-0.1, -0.05) is 18.2 Å². The third kappa shape index (κ3) is 4.99. The Morgan fingerprint density at radius 3 is 2.49 bits per heavy atom. The molecule has 2 aromatic carbocycles. The maximum atomic E-state index is 12.9. The molecule has 182 valence electrons. The van der Waals surface area contributed by atoms with E-state index in [-0.39, 0.29) is 22.0 Å². The van der Waals surface area contributed by atoms with Crippen LogP contribution in [-0.2, 0) is 14.8 Å². The fourth-order valence-corrected chi connectivity index (χ4v) is 5.78. The molecule has 0 bridgehead atoms. The van der Waals surface area contributed by atoms with Crippen LogP contribution in [0.3, 0.4) is 0 Å². The van der Waals surface area contributed by atoms with Gasteiger partial charge in [-0.2, -0.15) is 4.37 Å². The Morgan fingerprint density at radius 1 is 1.03 bits per heavy atom. The van der Waals surface area contributed by atoms with Gasteiger partial charge < -0.3 is 9.47 Å². The van der Waals surface area contributed by atoms with Crippen molar-refractivity contribution in [1.29, 1.82) is 0 Å². The number of hydrogen-bond acceptors (Lipinski definition) is 8. The van der Waals surface area contributed by atoms with Gasteiger partial charge in [-0.05, 0) is 48.7 Å². The van der Waals surface area contributed by atoms with Gasteiger partial charge in [-0.15, -0.1) is 0 Å². The summed E-state index contributed by atoms with van der Waals surface area (Å²) in [5, 5.41) is 3.27. The zero-order chi connectivity index (χ0) is 24.4.